The van der Waals surface area contributed by atoms with Gasteiger partial charge in [0.2, 0.25) is 5.91 Å². The molecule has 182 valence electrons. The van der Waals surface area contributed by atoms with Gasteiger partial charge in [0.1, 0.15) is 23.8 Å². The first-order valence-corrected chi connectivity index (χ1v) is 13.0. The van der Waals surface area contributed by atoms with Crippen molar-refractivity contribution in [1.29, 1.82) is 0 Å². The lowest BCUT2D eigenvalue weighted by atomic mass is 9.74. The predicted molar refractivity (Wildman–Crippen MR) is 142 cm³/mol. The number of hydrogen-bond donors (Lipinski definition) is 2. The van der Waals surface area contributed by atoms with Crippen molar-refractivity contribution >= 4 is 59.6 Å². The lowest BCUT2D eigenvalue weighted by molar-refractivity contribution is -0.126. The van der Waals surface area contributed by atoms with E-state index in [2.05, 4.69) is 28.8 Å². The third-order valence-corrected chi connectivity index (χ3v) is 7.70. The van der Waals surface area contributed by atoms with Gasteiger partial charge in [-0.1, -0.05) is 71.0 Å². The monoisotopic (exact) mass is 548 g/mol. The summed E-state index contributed by atoms with van der Waals surface area (Å²) in [7, 11) is 0. The maximum Gasteiger partial charge on any atom is 0.232 e. The number of allylic oxidation sites excluding steroid dienone is 1. The molecule has 1 heterocycles. The Bertz CT molecular complexity index is 1260. The average Bonchev–Trinajstić information content (AvgIpc) is 3.57. The van der Waals surface area contributed by atoms with Crippen molar-refractivity contribution in [3.05, 3.63) is 74.4 Å². The molecule has 0 radical (unpaired) electrons. The Hall–Kier alpha value is -2.12. The van der Waals surface area contributed by atoms with Crippen LogP contribution >= 0.6 is 47.6 Å². The van der Waals surface area contributed by atoms with Gasteiger partial charge in [0.15, 0.2) is 0 Å². The van der Waals surface area contributed by atoms with E-state index < -0.39 is 0 Å². The van der Waals surface area contributed by atoms with Gasteiger partial charge in [0, 0.05) is 17.4 Å². The number of aromatic nitrogens is 1. The van der Waals surface area contributed by atoms with E-state index in [0.717, 1.165) is 42.6 Å². The van der Waals surface area contributed by atoms with Gasteiger partial charge in [-0.15, -0.1) is 0 Å². The molecule has 2 aliphatic carbocycles. The number of amides is 1. The van der Waals surface area contributed by atoms with E-state index in [1.54, 1.807) is 24.3 Å². The summed E-state index contributed by atoms with van der Waals surface area (Å²) in [4.78, 5) is 11.6. The van der Waals surface area contributed by atoms with Gasteiger partial charge in [-0.3, -0.25) is 4.79 Å². The number of carbonyl (C=O) groups excluding carboxylic acids is 1. The summed E-state index contributed by atoms with van der Waals surface area (Å²) in [6.07, 6.45) is 7.86. The minimum Gasteiger partial charge on any atom is -0.489 e. The summed E-state index contributed by atoms with van der Waals surface area (Å²) < 4.78 is 14.2. The number of nitrogens with zero attached hydrogens (tertiary/aromatic N) is 1. The van der Waals surface area contributed by atoms with Crippen LogP contribution in [0.5, 0.6) is 5.75 Å². The second-order valence-corrected chi connectivity index (χ2v) is 10.4. The number of halogens is 3. The van der Waals surface area contributed by atoms with Crippen LogP contribution in [0.25, 0.3) is 17.3 Å². The predicted octanol–water partition coefficient (Wildman–Crippen LogP) is 7.76. The number of nitrogens with one attached hydrogen (secondary N) is 1. The van der Waals surface area contributed by atoms with E-state index in [1.807, 2.05) is 18.2 Å². The highest BCUT2D eigenvalue weighted by Gasteiger charge is 2.34. The molecule has 1 N–H and O–H groups in total. The van der Waals surface area contributed by atoms with E-state index >= 15 is 0 Å². The molecular formula is C26H23Cl3N2O3S. The lowest BCUT2D eigenvalue weighted by Gasteiger charge is -2.31. The molecule has 9 heteroatoms. The highest BCUT2D eigenvalue weighted by molar-refractivity contribution is 7.78. The molecular weight excluding hydrogens is 527 g/mol. The Kier molecular flexibility index (Phi) is 7.35. The van der Waals surface area contributed by atoms with Crippen molar-refractivity contribution in [2.24, 2.45) is 11.8 Å². The number of thiol groups is 1. The number of carbonyl (C=O) groups is 1. The largest absolute Gasteiger partial charge is 0.489 e. The van der Waals surface area contributed by atoms with Gasteiger partial charge >= 0.3 is 0 Å². The second kappa shape index (κ2) is 10.5. The number of ether oxygens (including phenoxy) is 1. The quantitative estimate of drug-likeness (QED) is 0.282. The van der Waals surface area contributed by atoms with Crippen LogP contribution in [0.15, 0.2) is 47.0 Å². The second-order valence-electron chi connectivity index (χ2n) is 8.98. The maximum atomic E-state index is 11.6. The van der Waals surface area contributed by atoms with E-state index in [4.69, 9.17) is 44.1 Å². The van der Waals surface area contributed by atoms with Gasteiger partial charge in [0.05, 0.1) is 20.6 Å². The molecule has 3 aromatic rings. The molecule has 1 aromatic heterocycles. The smallest absolute Gasteiger partial charge is 0.232 e. The molecule has 5 nitrogen and oxygen atoms in total. The van der Waals surface area contributed by atoms with Crippen LogP contribution in [0, 0.1) is 11.8 Å². The molecule has 2 aromatic carbocycles. The molecule has 0 aliphatic heterocycles. The SMILES string of the molecule is O=C(NS)C1CC(/C=C/c2ccc(OCc3c(-c4c(Cl)cccc4Cl)noc3C3CC3)cc2Cl)C1. The fourth-order valence-electron chi connectivity index (χ4n) is 4.30. The molecule has 0 saturated heterocycles. The fourth-order valence-corrected chi connectivity index (χ4v) is 5.29. The van der Waals surface area contributed by atoms with Gasteiger partial charge in [-0.05, 0) is 67.5 Å². The van der Waals surface area contributed by atoms with Crippen LogP contribution in [0.3, 0.4) is 0 Å². The standard InChI is InChI=1S/C26H23Cl3N2O3S/c27-20-2-1-3-21(28)23(20)24-19(25(34-30-24)16-6-7-16)13-33-18-9-8-15(22(29)12-18)5-4-14-10-17(11-14)26(32)31-35/h1-5,8-9,12,14,16-17,35H,6-7,10-11,13H2,(H,31,32)/b5-4+. The average molecular weight is 550 g/mol. The first kappa shape index (κ1) is 24.6. The zero-order chi connectivity index (χ0) is 24.5. The van der Waals surface area contributed by atoms with Crippen LogP contribution in [-0.4, -0.2) is 11.1 Å². The Morgan fingerprint density at radius 2 is 1.89 bits per heavy atom. The van der Waals surface area contributed by atoms with Crippen molar-refractivity contribution in [1.82, 2.24) is 9.88 Å². The number of rotatable bonds is 8. The Morgan fingerprint density at radius 1 is 1.14 bits per heavy atom. The Labute approximate surface area is 224 Å². The van der Waals surface area contributed by atoms with E-state index in [9.17, 15) is 4.79 Å². The van der Waals surface area contributed by atoms with Crippen molar-refractivity contribution in [3.8, 4) is 17.0 Å². The summed E-state index contributed by atoms with van der Waals surface area (Å²) in [6, 6.07) is 11.0. The number of benzene rings is 2. The third-order valence-electron chi connectivity index (χ3n) is 6.52. The van der Waals surface area contributed by atoms with Crippen LogP contribution < -0.4 is 9.46 Å². The molecule has 0 atom stereocenters. The van der Waals surface area contributed by atoms with E-state index in [-0.39, 0.29) is 18.4 Å². The molecule has 2 saturated carbocycles. The van der Waals surface area contributed by atoms with Crippen LogP contribution in [0.2, 0.25) is 15.1 Å². The van der Waals surface area contributed by atoms with E-state index in [1.165, 1.54) is 0 Å². The minimum atomic E-state index is -0.0184. The highest BCUT2D eigenvalue weighted by atomic mass is 35.5. The third kappa shape index (κ3) is 5.36. The maximum absolute atomic E-state index is 11.6. The normalized spacial score (nSPS) is 19.5. The summed E-state index contributed by atoms with van der Waals surface area (Å²) in [5.74, 6) is 2.19. The molecule has 0 spiro atoms. The van der Waals surface area contributed by atoms with Gasteiger partial charge in [0.25, 0.3) is 0 Å². The lowest BCUT2D eigenvalue weighted by Crippen LogP contribution is -2.34. The van der Waals surface area contributed by atoms with Crippen LogP contribution in [0.1, 0.15) is 48.5 Å². The van der Waals surface area contributed by atoms with Gasteiger partial charge in [-0.2, -0.15) is 0 Å². The Balaban J connectivity index is 1.29. The highest BCUT2D eigenvalue weighted by Crippen LogP contribution is 2.46. The van der Waals surface area contributed by atoms with Gasteiger partial charge < -0.3 is 14.0 Å². The Morgan fingerprint density at radius 3 is 2.54 bits per heavy atom. The molecule has 2 aliphatic rings. The first-order chi connectivity index (χ1) is 16.9. The molecule has 0 unspecified atom stereocenters. The zero-order valence-corrected chi connectivity index (χ0v) is 21.8. The van der Waals surface area contributed by atoms with E-state index in [0.29, 0.717) is 43.9 Å². The fraction of sp³-hybridized carbons (Fsp3) is 0.308. The summed E-state index contributed by atoms with van der Waals surface area (Å²) in [6.45, 7) is 0.258. The molecule has 0 bridgehead atoms. The molecule has 2 fully saturated rings. The minimum absolute atomic E-state index is 0.0184. The summed E-state index contributed by atoms with van der Waals surface area (Å²) >= 11 is 23.2. The first-order valence-electron chi connectivity index (χ1n) is 11.4. The molecule has 1 amide bonds. The summed E-state index contributed by atoms with van der Waals surface area (Å²) in [5, 5.41) is 5.91. The topological polar surface area (TPSA) is 64.4 Å². The van der Waals surface area contributed by atoms with Crippen molar-refractivity contribution in [2.45, 2.75) is 38.2 Å². The van der Waals surface area contributed by atoms with Crippen molar-refractivity contribution in [3.63, 3.8) is 0 Å². The van der Waals surface area contributed by atoms with Crippen molar-refractivity contribution in [2.75, 3.05) is 0 Å². The number of hydrogen-bond acceptors (Lipinski definition) is 5. The summed E-state index contributed by atoms with van der Waals surface area (Å²) in [5.41, 5.74) is 3.01. The van der Waals surface area contributed by atoms with Crippen LogP contribution in [0.4, 0.5) is 0 Å². The van der Waals surface area contributed by atoms with Gasteiger partial charge in [-0.25, -0.2) is 0 Å². The van der Waals surface area contributed by atoms with Crippen LogP contribution in [-0.2, 0) is 11.4 Å². The molecule has 5 rings (SSSR count). The molecule has 35 heavy (non-hydrogen) atoms. The van der Waals surface area contributed by atoms with Crippen molar-refractivity contribution < 1.29 is 14.1 Å². The zero-order valence-electron chi connectivity index (χ0n) is 18.6.